The second kappa shape index (κ2) is 12.8. The van der Waals surface area contributed by atoms with Gasteiger partial charge in [-0.2, -0.15) is 0 Å². The molecule has 2 atom stereocenters. The van der Waals surface area contributed by atoms with Crippen molar-refractivity contribution in [3.8, 4) is 5.75 Å². The minimum absolute atomic E-state index is 0.161. The number of hydrogen-bond acceptors (Lipinski definition) is 5. The number of nitrogens with zero attached hydrogens (tertiary/aromatic N) is 2. The molecular formula is C31H43N3O4. The van der Waals surface area contributed by atoms with E-state index in [9.17, 15) is 9.59 Å². The molecule has 7 heteroatoms. The average Bonchev–Trinajstić information content (AvgIpc) is 2.94. The van der Waals surface area contributed by atoms with E-state index in [4.69, 9.17) is 9.47 Å². The topological polar surface area (TPSA) is 71.1 Å². The van der Waals surface area contributed by atoms with Crippen molar-refractivity contribution in [1.82, 2.24) is 15.1 Å². The van der Waals surface area contributed by atoms with Crippen LogP contribution in [0.5, 0.6) is 5.75 Å². The quantitative estimate of drug-likeness (QED) is 0.397. The standard InChI is InChI=1S/C31H43N3O4/c1-5-8-27(25-13-9-23(4)10-14-25)32-30(36)34-28(35)31(6-2,7-3)29(34)38-26-15-11-24(12-16-26)17-18-33-19-21-37-22-20-33/h9-16,27,29H,5-8,17-22H2,1-4H3,(H,32,36)/t27-,29+/m1/s1. The Kier molecular flexibility index (Phi) is 9.44. The van der Waals surface area contributed by atoms with Gasteiger partial charge in [0.1, 0.15) is 11.2 Å². The molecule has 2 saturated heterocycles. The smallest absolute Gasteiger partial charge is 0.327 e. The van der Waals surface area contributed by atoms with Crippen LogP contribution < -0.4 is 10.1 Å². The van der Waals surface area contributed by atoms with Crippen molar-refractivity contribution in [2.75, 3.05) is 32.8 Å². The number of rotatable bonds is 11. The Morgan fingerprint density at radius 2 is 1.71 bits per heavy atom. The first-order valence-electron chi connectivity index (χ1n) is 14.2. The van der Waals surface area contributed by atoms with Crippen molar-refractivity contribution in [1.29, 1.82) is 0 Å². The molecule has 0 radical (unpaired) electrons. The fourth-order valence-corrected chi connectivity index (χ4v) is 5.50. The molecule has 2 aromatic rings. The maximum atomic E-state index is 13.5. The van der Waals surface area contributed by atoms with Gasteiger partial charge in [0.25, 0.3) is 0 Å². The van der Waals surface area contributed by atoms with E-state index in [2.05, 4.69) is 41.4 Å². The third-order valence-corrected chi connectivity index (χ3v) is 8.18. The fourth-order valence-electron chi connectivity index (χ4n) is 5.50. The molecule has 7 nitrogen and oxygen atoms in total. The molecule has 0 bridgehead atoms. The number of urea groups is 1. The molecule has 4 rings (SSSR count). The van der Waals surface area contributed by atoms with Crippen molar-refractivity contribution in [3.05, 3.63) is 65.2 Å². The molecule has 2 aliphatic rings. The van der Waals surface area contributed by atoms with Gasteiger partial charge in [-0.3, -0.25) is 9.69 Å². The number of likely N-dealkylation sites (tertiary alicyclic amines) is 1. The summed E-state index contributed by atoms with van der Waals surface area (Å²) in [5, 5.41) is 3.12. The maximum absolute atomic E-state index is 13.5. The molecule has 2 fully saturated rings. The second-order valence-corrected chi connectivity index (χ2v) is 10.6. The molecule has 0 aliphatic carbocycles. The predicted molar refractivity (Wildman–Crippen MR) is 149 cm³/mol. The van der Waals surface area contributed by atoms with Crippen LogP contribution in [0.4, 0.5) is 4.79 Å². The van der Waals surface area contributed by atoms with Crippen molar-refractivity contribution in [2.24, 2.45) is 5.41 Å². The van der Waals surface area contributed by atoms with Crippen molar-refractivity contribution >= 4 is 11.9 Å². The van der Waals surface area contributed by atoms with Crippen LogP contribution in [0.2, 0.25) is 0 Å². The lowest BCUT2D eigenvalue weighted by molar-refractivity contribution is -0.191. The molecular weight excluding hydrogens is 478 g/mol. The number of β-lactam (4-membered cyclic amide) rings is 1. The van der Waals surface area contributed by atoms with Gasteiger partial charge >= 0.3 is 6.03 Å². The Balaban J connectivity index is 1.45. The zero-order chi connectivity index (χ0) is 27.1. The highest BCUT2D eigenvalue weighted by Crippen LogP contribution is 2.46. The maximum Gasteiger partial charge on any atom is 0.327 e. The molecule has 38 heavy (non-hydrogen) atoms. The number of carbonyl (C=O) groups excluding carboxylic acids is 2. The molecule has 2 heterocycles. The summed E-state index contributed by atoms with van der Waals surface area (Å²) in [6.45, 7) is 12.7. The second-order valence-electron chi connectivity index (χ2n) is 10.6. The summed E-state index contributed by atoms with van der Waals surface area (Å²) in [6, 6.07) is 15.7. The number of carbonyl (C=O) groups is 2. The van der Waals surface area contributed by atoms with Gasteiger partial charge in [-0.15, -0.1) is 0 Å². The van der Waals surface area contributed by atoms with E-state index in [1.165, 1.54) is 16.0 Å². The van der Waals surface area contributed by atoms with Crippen molar-refractivity contribution in [2.45, 2.75) is 72.1 Å². The van der Waals surface area contributed by atoms with Crippen molar-refractivity contribution < 1.29 is 19.1 Å². The monoisotopic (exact) mass is 521 g/mol. The normalized spacial score (nSPS) is 20.1. The molecule has 0 aromatic heterocycles. The molecule has 0 saturated carbocycles. The summed E-state index contributed by atoms with van der Waals surface area (Å²) >= 11 is 0. The van der Waals surface area contributed by atoms with Gasteiger partial charge in [0, 0.05) is 19.6 Å². The molecule has 3 amide bonds. The van der Waals surface area contributed by atoms with E-state index in [1.54, 1.807) is 0 Å². The summed E-state index contributed by atoms with van der Waals surface area (Å²) in [4.78, 5) is 30.5. The fraction of sp³-hybridized carbons (Fsp3) is 0.548. The van der Waals surface area contributed by atoms with Crippen LogP contribution >= 0.6 is 0 Å². The molecule has 0 unspecified atom stereocenters. The Labute approximate surface area is 227 Å². The zero-order valence-corrected chi connectivity index (χ0v) is 23.4. The van der Waals surface area contributed by atoms with Gasteiger partial charge in [-0.25, -0.2) is 9.69 Å². The summed E-state index contributed by atoms with van der Waals surface area (Å²) in [5.41, 5.74) is 2.75. The SMILES string of the molecule is CCC[C@@H](NC(=O)N1C(=O)C(CC)(CC)[C@@H]1Oc1ccc(CCN2CCOCC2)cc1)c1ccc(C)cc1. The van der Waals surface area contributed by atoms with E-state index >= 15 is 0 Å². The third kappa shape index (κ3) is 6.05. The minimum Gasteiger partial charge on any atom is -0.469 e. The van der Waals surface area contributed by atoms with E-state index in [-0.39, 0.29) is 11.9 Å². The Morgan fingerprint density at radius 1 is 1.05 bits per heavy atom. The van der Waals surface area contributed by atoms with E-state index < -0.39 is 17.7 Å². The summed E-state index contributed by atoms with van der Waals surface area (Å²) in [7, 11) is 0. The van der Waals surface area contributed by atoms with E-state index in [1.807, 2.05) is 45.0 Å². The third-order valence-electron chi connectivity index (χ3n) is 8.18. The number of morpholine rings is 1. The summed E-state index contributed by atoms with van der Waals surface area (Å²) in [5.74, 6) is 0.511. The summed E-state index contributed by atoms with van der Waals surface area (Å²) in [6.07, 6.45) is 3.27. The first-order chi connectivity index (χ1) is 18.4. The first-order valence-corrected chi connectivity index (χ1v) is 14.2. The Bertz CT molecular complexity index is 1060. The number of imide groups is 1. The molecule has 2 aliphatic heterocycles. The van der Waals surface area contributed by atoms with Gasteiger partial charge in [0.05, 0.1) is 19.3 Å². The van der Waals surface area contributed by atoms with Crippen LogP contribution in [0.3, 0.4) is 0 Å². The number of benzene rings is 2. The summed E-state index contributed by atoms with van der Waals surface area (Å²) < 4.78 is 11.8. The lowest BCUT2D eigenvalue weighted by atomic mass is 9.72. The van der Waals surface area contributed by atoms with Crippen LogP contribution in [0.1, 0.15) is 69.2 Å². The van der Waals surface area contributed by atoms with E-state index in [0.717, 1.165) is 57.7 Å². The first kappa shape index (κ1) is 28.1. The lowest BCUT2D eigenvalue weighted by Gasteiger charge is -2.53. The molecule has 2 aromatic carbocycles. The van der Waals surface area contributed by atoms with Gasteiger partial charge in [-0.1, -0.05) is 69.2 Å². The van der Waals surface area contributed by atoms with Gasteiger partial charge in [0.15, 0.2) is 6.23 Å². The average molecular weight is 522 g/mol. The molecule has 206 valence electrons. The largest absolute Gasteiger partial charge is 0.469 e. The van der Waals surface area contributed by atoms with Crippen LogP contribution in [-0.2, 0) is 16.0 Å². The highest BCUT2D eigenvalue weighted by atomic mass is 16.5. The Hall–Kier alpha value is -2.90. The minimum atomic E-state index is -0.698. The predicted octanol–water partition coefficient (Wildman–Crippen LogP) is 5.47. The lowest BCUT2D eigenvalue weighted by Crippen LogP contribution is -2.73. The van der Waals surface area contributed by atoms with Crippen LogP contribution in [0.15, 0.2) is 48.5 Å². The highest BCUT2D eigenvalue weighted by Gasteiger charge is 2.63. The number of aryl methyl sites for hydroxylation is 1. The van der Waals surface area contributed by atoms with Crippen LogP contribution in [0.25, 0.3) is 0 Å². The van der Waals surface area contributed by atoms with Crippen LogP contribution in [-0.4, -0.2) is 60.8 Å². The van der Waals surface area contributed by atoms with Crippen LogP contribution in [0, 0.1) is 12.3 Å². The Morgan fingerprint density at radius 3 is 2.32 bits per heavy atom. The number of hydrogen-bond donors (Lipinski definition) is 1. The number of ether oxygens (including phenoxy) is 2. The molecule has 1 N–H and O–H groups in total. The molecule has 0 spiro atoms. The van der Waals surface area contributed by atoms with E-state index in [0.29, 0.717) is 18.6 Å². The van der Waals surface area contributed by atoms with Crippen molar-refractivity contribution in [3.63, 3.8) is 0 Å². The van der Waals surface area contributed by atoms with Gasteiger partial charge < -0.3 is 14.8 Å². The van der Waals surface area contributed by atoms with Gasteiger partial charge in [0.2, 0.25) is 5.91 Å². The number of nitrogens with one attached hydrogen (secondary N) is 1. The zero-order valence-electron chi connectivity index (χ0n) is 23.4. The highest BCUT2D eigenvalue weighted by molar-refractivity contribution is 6.03. The number of amides is 3. The van der Waals surface area contributed by atoms with Gasteiger partial charge in [-0.05, 0) is 55.9 Å².